The van der Waals surface area contributed by atoms with Crippen molar-refractivity contribution in [2.75, 3.05) is 13.1 Å². The van der Waals surface area contributed by atoms with Gasteiger partial charge in [0.1, 0.15) is 5.69 Å². The van der Waals surface area contributed by atoms with Gasteiger partial charge in [0.05, 0.1) is 18.8 Å². The standard InChI is InChI=1S/C19H24N4O2/c24-13-17-12-23(21-20-17)18-7-9-22(10-8-18)19(25)16-6-5-14-3-1-2-4-15(14)11-16/h1-4,12,16,18,24H,5-11,13H2. The summed E-state index contributed by atoms with van der Waals surface area (Å²) in [5, 5.41) is 17.1. The van der Waals surface area contributed by atoms with Crippen molar-refractivity contribution in [3.05, 3.63) is 47.3 Å². The van der Waals surface area contributed by atoms with E-state index in [1.165, 1.54) is 11.1 Å². The molecule has 1 aliphatic carbocycles. The molecule has 1 atom stereocenters. The number of nitrogens with zero attached hydrogens (tertiary/aromatic N) is 4. The third kappa shape index (κ3) is 3.31. The number of aryl methyl sites for hydroxylation is 1. The van der Waals surface area contributed by atoms with E-state index in [0.29, 0.717) is 11.6 Å². The number of fused-ring (bicyclic) bond motifs is 1. The van der Waals surface area contributed by atoms with Crippen LogP contribution < -0.4 is 0 Å². The van der Waals surface area contributed by atoms with Crippen molar-refractivity contribution in [3.8, 4) is 0 Å². The Kier molecular flexibility index (Phi) is 4.53. The smallest absolute Gasteiger partial charge is 0.226 e. The Morgan fingerprint density at radius 3 is 2.64 bits per heavy atom. The van der Waals surface area contributed by atoms with Gasteiger partial charge < -0.3 is 10.0 Å². The molecule has 1 saturated heterocycles. The van der Waals surface area contributed by atoms with E-state index in [1.807, 2.05) is 9.58 Å². The van der Waals surface area contributed by atoms with Crippen molar-refractivity contribution in [1.82, 2.24) is 19.9 Å². The predicted molar refractivity (Wildman–Crippen MR) is 92.8 cm³/mol. The molecule has 1 unspecified atom stereocenters. The van der Waals surface area contributed by atoms with Gasteiger partial charge in [-0.25, -0.2) is 4.68 Å². The maximum Gasteiger partial charge on any atom is 0.226 e. The quantitative estimate of drug-likeness (QED) is 0.924. The van der Waals surface area contributed by atoms with E-state index >= 15 is 0 Å². The number of likely N-dealkylation sites (tertiary alicyclic amines) is 1. The number of benzene rings is 1. The van der Waals surface area contributed by atoms with Gasteiger partial charge in [0.15, 0.2) is 0 Å². The van der Waals surface area contributed by atoms with Gasteiger partial charge in [0, 0.05) is 19.0 Å². The lowest BCUT2D eigenvalue weighted by atomic mass is 9.83. The van der Waals surface area contributed by atoms with Crippen LogP contribution in [0.2, 0.25) is 0 Å². The minimum absolute atomic E-state index is 0.0829. The molecule has 6 heteroatoms. The minimum Gasteiger partial charge on any atom is -0.390 e. The summed E-state index contributed by atoms with van der Waals surface area (Å²) >= 11 is 0. The van der Waals surface area contributed by atoms with Crippen molar-refractivity contribution < 1.29 is 9.90 Å². The molecule has 2 aliphatic rings. The maximum absolute atomic E-state index is 12.9. The normalized spacial score (nSPS) is 21.2. The van der Waals surface area contributed by atoms with Gasteiger partial charge in [0.25, 0.3) is 0 Å². The molecule has 2 aromatic rings. The number of aliphatic hydroxyl groups excluding tert-OH is 1. The summed E-state index contributed by atoms with van der Waals surface area (Å²) in [7, 11) is 0. The summed E-state index contributed by atoms with van der Waals surface area (Å²) in [6.45, 7) is 1.46. The molecule has 1 aromatic heterocycles. The van der Waals surface area contributed by atoms with E-state index in [4.69, 9.17) is 5.11 Å². The van der Waals surface area contributed by atoms with Crippen LogP contribution in [-0.4, -0.2) is 44.0 Å². The van der Waals surface area contributed by atoms with Crippen molar-refractivity contribution in [1.29, 1.82) is 0 Å². The third-order valence-electron chi connectivity index (χ3n) is 5.57. The molecule has 0 spiro atoms. The molecule has 1 amide bonds. The monoisotopic (exact) mass is 340 g/mol. The zero-order valence-electron chi connectivity index (χ0n) is 14.3. The number of amides is 1. The third-order valence-corrected chi connectivity index (χ3v) is 5.57. The molecule has 1 fully saturated rings. The lowest BCUT2D eigenvalue weighted by Gasteiger charge is -2.35. The van der Waals surface area contributed by atoms with Gasteiger partial charge in [0.2, 0.25) is 5.91 Å². The predicted octanol–water partition coefficient (Wildman–Crippen LogP) is 1.74. The number of aromatic nitrogens is 3. The SMILES string of the molecule is O=C(C1CCc2ccccc2C1)N1CCC(n2cc(CO)nn2)CC1. The van der Waals surface area contributed by atoms with E-state index in [1.54, 1.807) is 6.20 Å². The number of carbonyl (C=O) groups excluding carboxylic acids is 1. The van der Waals surface area contributed by atoms with Crippen LogP contribution in [-0.2, 0) is 24.2 Å². The average Bonchev–Trinajstić information content (AvgIpc) is 3.16. The average molecular weight is 340 g/mol. The lowest BCUT2D eigenvalue weighted by Crippen LogP contribution is -2.43. The summed E-state index contributed by atoms with van der Waals surface area (Å²) in [4.78, 5) is 14.9. The fourth-order valence-corrected chi connectivity index (χ4v) is 4.08. The Morgan fingerprint density at radius 2 is 1.92 bits per heavy atom. The maximum atomic E-state index is 12.9. The van der Waals surface area contributed by atoms with Crippen LogP contribution in [0.25, 0.3) is 0 Å². The van der Waals surface area contributed by atoms with Gasteiger partial charge >= 0.3 is 0 Å². The summed E-state index contributed by atoms with van der Waals surface area (Å²) in [5.74, 6) is 0.432. The Hall–Kier alpha value is -2.21. The largest absolute Gasteiger partial charge is 0.390 e. The van der Waals surface area contributed by atoms with E-state index < -0.39 is 0 Å². The topological polar surface area (TPSA) is 71.2 Å². The minimum atomic E-state index is -0.0829. The molecular formula is C19H24N4O2. The Balaban J connectivity index is 1.35. The second kappa shape index (κ2) is 6.96. The number of rotatable bonds is 3. The highest BCUT2D eigenvalue weighted by Crippen LogP contribution is 2.29. The molecule has 4 rings (SSSR count). The first-order chi connectivity index (χ1) is 12.2. The van der Waals surface area contributed by atoms with Crippen LogP contribution in [0.15, 0.2) is 30.5 Å². The lowest BCUT2D eigenvalue weighted by molar-refractivity contribution is -0.137. The molecule has 1 aliphatic heterocycles. The molecule has 0 bridgehead atoms. The van der Waals surface area contributed by atoms with Crippen LogP contribution in [0.1, 0.15) is 42.1 Å². The summed E-state index contributed by atoms with van der Waals surface area (Å²) in [5.41, 5.74) is 3.33. The van der Waals surface area contributed by atoms with Crippen LogP contribution in [0.3, 0.4) is 0 Å². The molecule has 1 N–H and O–H groups in total. The highest BCUT2D eigenvalue weighted by Gasteiger charge is 2.31. The Labute approximate surface area is 147 Å². The Morgan fingerprint density at radius 1 is 1.16 bits per heavy atom. The number of piperidine rings is 1. The van der Waals surface area contributed by atoms with E-state index in [-0.39, 0.29) is 18.6 Å². The van der Waals surface area contributed by atoms with Crippen molar-refractivity contribution in [2.45, 2.75) is 44.8 Å². The van der Waals surface area contributed by atoms with E-state index in [0.717, 1.165) is 45.2 Å². The second-order valence-electron chi connectivity index (χ2n) is 7.11. The van der Waals surface area contributed by atoms with Gasteiger partial charge in [-0.3, -0.25) is 4.79 Å². The highest BCUT2D eigenvalue weighted by molar-refractivity contribution is 5.79. The zero-order chi connectivity index (χ0) is 17.2. The van der Waals surface area contributed by atoms with Crippen LogP contribution >= 0.6 is 0 Å². The Bertz CT molecular complexity index is 749. The van der Waals surface area contributed by atoms with Crippen LogP contribution in [0.5, 0.6) is 0 Å². The van der Waals surface area contributed by atoms with Crippen molar-refractivity contribution >= 4 is 5.91 Å². The van der Waals surface area contributed by atoms with Gasteiger partial charge in [-0.15, -0.1) is 5.10 Å². The summed E-state index contributed by atoms with van der Waals surface area (Å²) < 4.78 is 1.84. The first kappa shape index (κ1) is 16.3. The van der Waals surface area contributed by atoms with E-state index in [2.05, 4.69) is 34.6 Å². The molecule has 132 valence electrons. The van der Waals surface area contributed by atoms with Gasteiger partial charge in [-0.2, -0.15) is 0 Å². The first-order valence-electron chi connectivity index (χ1n) is 9.11. The van der Waals surface area contributed by atoms with Gasteiger partial charge in [-0.1, -0.05) is 29.5 Å². The molecule has 1 aromatic carbocycles. The highest BCUT2D eigenvalue weighted by atomic mass is 16.3. The van der Waals surface area contributed by atoms with Gasteiger partial charge in [-0.05, 0) is 43.2 Å². The molecule has 25 heavy (non-hydrogen) atoms. The van der Waals surface area contributed by atoms with Crippen LogP contribution in [0, 0.1) is 5.92 Å². The summed E-state index contributed by atoms with van der Waals surface area (Å²) in [6.07, 6.45) is 6.43. The number of carbonyl (C=O) groups is 1. The van der Waals surface area contributed by atoms with E-state index in [9.17, 15) is 4.79 Å². The first-order valence-corrected chi connectivity index (χ1v) is 9.11. The zero-order valence-corrected chi connectivity index (χ0v) is 14.3. The number of aliphatic hydroxyl groups is 1. The summed E-state index contributed by atoms with van der Waals surface area (Å²) in [6, 6.07) is 8.75. The molecule has 6 nitrogen and oxygen atoms in total. The fourth-order valence-electron chi connectivity index (χ4n) is 4.08. The molecule has 2 heterocycles. The second-order valence-corrected chi connectivity index (χ2v) is 7.11. The molecule has 0 radical (unpaired) electrons. The number of hydrogen-bond acceptors (Lipinski definition) is 4. The van der Waals surface area contributed by atoms with Crippen molar-refractivity contribution in [2.24, 2.45) is 5.92 Å². The van der Waals surface area contributed by atoms with Crippen molar-refractivity contribution in [3.63, 3.8) is 0 Å². The number of hydrogen-bond donors (Lipinski definition) is 1. The molecular weight excluding hydrogens is 316 g/mol. The fraction of sp³-hybridized carbons (Fsp3) is 0.526. The molecule has 0 saturated carbocycles. The van der Waals surface area contributed by atoms with Crippen LogP contribution in [0.4, 0.5) is 0 Å².